The van der Waals surface area contributed by atoms with Crippen LogP contribution in [-0.2, 0) is 13.0 Å². The average Bonchev–Trinajstić information content (AvgIpc) is 3.46. The van der Waals surface area contributed by atoms with Crippen LogP contribution in [0.5, 0.6) is 0 Å². The maximum Gasteiger partial charge on any atom is 0.226 e. The van der Waals surface area contributed by atoms with Crippen LogP contribution in [0.15, 0.2) is 55.0 Å². The fourth-order valence-corrected chi connectivity index (χ4v) is 4.67. The number of aliphatic hydroxyl groups excluding tert-OH is 2. The number of anilines is 1. The lowest BCUT2D eigenvalue weighted by Gasteiger charge is -2.19. The van der Waals surface area contributed by atoms with E-state index >= 15 is 0 Å². The number of halogens is 1. The van der Waals surface area contributed by atoms with Crippen molar-refractivity contribution in [3.8, 4) is 0 Å². The van der Waals surface area contributed by atoms with Gasteiger partial charge in [0.05, 0.1) is 23.7 Å². The van der Waals surface area contributed by atoms with Crippen molar-refractivity contribution in [3.63, 3.8) is 0 Å². The third-order valence-corrected chi connectivity index (χ3v) is 6.31. The highest BCUT2D eigenvalue weighted by atomic mass is 35.5. The molecule has 31 heavy (non-hydrogen) atoms. The number of nitrogen functional groups attached to an aromatic ring is 1. The van der Waals surface area contributed by atoms with E-state index in [1.54, 1.807) is 18.5 Å². The minimum absolute atomic E-state index is 0.0502. The van der Waals surface area contributed by atoms with Gasteiger partial charge in [0, 0.05) is 24.9 Å². The Labute approximate surface area is 183 Å². The van der Waals surface area contributed by atoms with Crippen LogP contribution >= 0.6 is 11.6 Å². The van der Waals surface area contributed by atoms with Crippen LogP contribution in [0.1, 0.15) is 29.5 Å². The van der Waals surface area contributed by atoms with Crippen LogP contribution in [0, 0.1) is 0 Å². The van der Waals surface area contributed by atoms with E-state index in [-0.39, 0.29) is 23.1 Å². The lowest BCUT2D eigenvalue weighted by atomic mass is 9.99. The Balaban J connectivity index is 1.36. The Morgan fingerprint density at radius 3 is 2.71 bits per heavy atom. The molecule has 0 spiro atoms. The summed E-state index contributed by atoms with van der Waals surface area (Å²) in [6.45, 7) is 0.746. The average molecular weight is 439 g/mol. The van der Waals surface area contributed by atoms with Crippen molar-refractivity contribution in [2.24, 2.45) is 0 Å². The van der Waals surface area contributed by atoms with Gasteiger partial charge in [0.1, 0.15) is 17.6 Å². The standard InChI is InChI=1S/C22H23ClN6O2/c23-22-26-20(24)15-7-9-29(21(15)27-22)17-10-16(18(30)19(17)31)14-11-25-28(12-14)8-6-13-4-2-1-3-5-13/h1-5,7,9,11-12,16-19,30-31H,6,8,10H2,(H2,24,26,27)/t16-,17-,18-,19+/m1/s1. The van der Waals surface area contributed by atoms with Crippen molar-refractivity contribution in [2.75, 3.05) is 5.73 Å². The van der Waals surface area contributed by atoms with E-state index in [0.29, 0.717) is 17.5 Å². The number of aliphatic hydroxyl groups is 2. The van der Waals surface area contributed by atoms with Gasteiger partial charge in [-0.15, -0.1) is 0 Å². The van der Waals surface area contributed by atoms with Gasteiger partial charge in [0.2, 0.25) is 5.28 Å². The van der Waals surface area contributed by atoms with Crippen LogP contribution in [0.3, 0.4) is 0 Å². The first-order valence-corrected chi connectivity index (χ1v) is 10.6. The first-order valence-electron chi connectivity index (χ1n) is 10.2. The number of hydrogen-bond acceptors (Lipinski definition) is 6. The van der Waals surface area contributed by atoms with Crippen LogP contribution in [-0.4, -0.2) is 46.7 Å². The predicted molar refractivity (Wildman–Crippen MR) is 118 cm³/mol. The summed E-state index contributed by atoms with van der Waals surface area (Å²) in [5, 5.41) is 26.8. The predicted octanol–water partition coefficient (Wildman–Crippen LogP) is 2.56. The van der Waals surface area contributed by atoms with E-state index in [0.717, 1.165) is 18.5 Å². The Hall–Kier alpha value is -2.94. The van der Waals surface area contributed by atoms with E-state index in [2.05, 4.69) is 27.2 Å². The number of fused-ring (bicyclic) bond motifs is 1. The highest BCUT2D eigenvalue weighted by molar-refractivity contribution is 6.28. The Bertz CT molecular complexity index is 1210. The highest BCUT2D eigenvalue weighted by Gasteiger charge is 2.44. The van der Waals surface area contributed by atoms with Gasteiger partial charge in [-0.05, 0) is 41.6 Å². The molecule has 1 aliphatic rings. The Kier molecular flexibility index (Phi) is 5.13. The fourth-order valence-electron chi connectivity index (χ4n) is 4.49. The molecule has 0 radical (unpaired) electrons. The summed E-state index contributed by atoms with van der Waals surface area (Å²) < 4.78 is 3.71. The smallest absolute Gasteiger partial charge is 0.226 e. The third kappa shape index (κ3) is 3.67. The van der Waals surface area contributed by atoms with Crippen molar-refractivity contribution in [3.05, 3.63) is 71.4 Å². The second kappa shape index (κ2) is 7.96. The molecule has 5 rings (SSSR count). The number of aromatic nitrogens is 5. The minimum atomic E-state index is -0.955. The molecule has 0 bridgehead atoms. The van der Waals surface area contributed by atoms with E-state index in [1.165, 1.54) is 5.56 Å². The number of nitrogens with zero attached hydrogens (tertiary/aromatic N) is 5. The van der Waals surface area contributed by atoms with E-state index in [4.69, 9.17) is 17.3 Å². The summed E-state index contributed by atoms with van der Waals surface area (Å²) in [4.78, 5) is 8.26. The second-order valence-electron chi connectivity index (χ2n) is 8.00. The van der Waals surface area contributed by atoms with Crippen molar-refractivity contribution in [1.29, 1.82) is 0 Å². The first-order chi connectivity index (χ1) is 15.0. The lowest BCUT2D eigenvalue weighted by molar-refractivity contribution is 0.0179. The minimum Gasteiger partial charge on any atom is -0.390 e. The molecule has 0 unspecified atom stereocenters. The highest BCUT2D eigenvalue weighted by Crippen LogP contribution is 2.42. The molecule has 9 heteroatoms. The normalized spacial score (nSPS) is 23.6. The molecule has 0 amide bonds. The molecule has 1 aromatic carbocycles. The molecular formula is C22H23ClN6O2. The van der Waals surface area contributed by atoms with Crippen LogP contribution < -0.4 is 5.73 Å². The summed E-state index contributed by atoms with van der Waals surface area (Å²) in [6.07, 6.45) is 5.08. The quantitative estimate of drug-likeness (QED) is 0.412. The van der Waals surface area contributed by atoms with E-state index in [1.807, 2.05) is 33.6 Å². The zero-order valence-electron chi connectivity index (χ0n) is 16.7. The van der Waals surface area contributed by atoms with Gasteiger partial charge < -0.3 is 20.5 Å². The molecule has 160 valence electrons. The molecule has 4 N–H and O–H groups in total. The summed E-state index contributed by atoms with van der Waals surface area (Å²) >= 11 is 5.99. The van der Waals surface area contributed by atoms with Gasteiger partial charge in [0.25, 0.3) is 0 Å². The lowest BCUT2D eigenvalue weighted by Crippen LogP contribution is -2.28. The number of hydrogen-bond donors (Lipinski definition) is 3. The number of nitrogens with two attached hydrogens (primary N) is 1. The van der Waals surface area contributed by atoms with Gasteiger partial charge in [-0.2, -0.15) is 10.1 Å². The van der Waals surface area contributed by atoms with Crippen molar-refractivity contribution in [2.45, 2.75) is 43.6 Å². The molecule has 1 fully saturated rings. The van der Waals surface area contributed by atoms with Crippen molar-refractivity contribution >= 4 is 28.5 Å². The van der Waals surface area contributed by atoms with E-state index in [9.17, 15) is 10.2 Å². The topological polar surface area (TPSA) is 115 Å². The molecule has 0 aliphatic heterocycles. The Morgan fingerprint density at radius 1 is 1.10 bits per heavy atom. The van der Waals surface area contributed by atoms with Gasteiger partial charge in [-0.25, -0.2) is 4.98 Å². The van der Waals surface area contributed by atoms with Gasteiger partial charge in [-0.1, -0.05) is 30.3 Å². The molecule has 3 aromatic heterocycles. The first kappa shape index (κ1) is 20.0. The zero-order chi connectivity index (χ0) is 21.5. The van der Waals surface area contributed by atoms with Gasteiger partial charge in [-0.3, -0.25) is 4.68 Å². The largest absolute Gasteiger partial charge is 0.390 e. The summed E-state index contributed by atoms with van der Waals surface area (Å²) in [7, 11) is 0. The fraction of sp³-hybridized carbons (Fsp3) is 0.318. The molecule has 1 aliphatic carbocycles. The van der Waals surface area contributed by atoms with Crippen molar-refractivity contribution in [1.82, 2.24) is 24.3 Å². The zero-order valence-corrected chi connectivity index (χ0v) is 17.5. The molecule has 4 atom stereocenters. The second-order valence-corrected chi connectivity index (χ2v) is 8.34. The van der Waals surface area contributed by atoms with E-state index < -0.39 is 12.2 Å². The maximum atomic E-state index is 10.8. The Morgan fingerprint density at radius 2 is 1.90 bits per heavy atom. The molecule has 4 aromatic rings. The number of benzene rings is 1. The maximum absolute atomic E-state index is 10.8. The molecule has 1 saturated carbocycles. The summed E-state index contributed by atoms with van der Waals surface area (Å²) in [5.41, 5.74) is 8.65. The van der Waals surface area contributed by atoms with Crippen LogP contribution in [0.2, 0.25) is 5.28 Å². The molecule has 3 heterocycles. The molecule has 8 nitrogen and oxygen atoms in total. The van der Waals surface area contributed by atoms with Crippen molar-refractivity contribution < 1.29 is 10.2 Å². The summed E-state index contributed by atoms with van der Waals surface area (Å²) in [6, 6.07) is 11.7. The van der Waals surface area contributed by atoms with Crippen LogP contribution in [0.4, 0.5) is 5.82 Å². The molecule has 0 saturated heterocycles. The monoisotopic (exact) mass is 438 g/mol. The summed E-state index contributed by atoms with van der Waals surface area (Å²) in [5.74, 6) is 0.0515. The molecular weight excluding hydrogens is 416 g/mol. The SMILES string of the molecule is Nc1nc(Cl)nc2c1ccn2[C@@H]1C[C@H](c2cnn(CCc3ccccc3)c2)[C@@H](O)[C@H]1O. The number of rotatable bonds is 5. The number of aryl methyl sites for hydroxylation is 2. The van der Waals surface area contributed by atoms with Crippen LogP contribution in [0.25, 0.3) is 11.0 Å². The van der Waals surface area contributed by atoms with Gasteiger partial charge in [0.15, 0.2) is 0 Å². The van der Waals surface area contributed by atoms with Gasteiger partial charge >= 0.3 is 0 Å². The third-order valence-electron chi connectivity index (χ3n) is 6.14.